The number of methoxy groups -OCH3 is 1. The van der Waals surface area contributed by atoms with Crippen molar-refractivity contribution in [1.82, 2.24) is 9.38 Å². The van der Waals surface area contributed by atoms with Gasteiger partial charge in [-0.3, -0.25) is 0 Å². The molecule has 0 unspecified atom stereocenters. The van der Waals surface area contributed by atoms with Gasteiger partial charge in [0.05, 0.1) is 18.5 Å². The molecule has 2 aromatic carbocycles. The Hall–Kier alpha value is -3.51. The largest absolute Gasteiger partial charge is 0.495 e. The Morgan fingerprint density at radius 2 is 1.86 bits per heavy atom. The summed E-state index contributed by atoms with van der Waals surface area (Å²) in [4.78, 5) is 17.0. The number of hydrogen-bond acceptors (Lipinski definition) is 3. The normalized spacial score (nSPS) is 10.7. The van der Waals surface area contributed by atoms with Gasteiger partial charge in [0.2, 0.25) is 0 Å². The summed E-state index contributed by atoms with van der Waals surface area (Å²) in [5.41, 5.74) is 5.05. The smallest absolute Gasteiger partial charge is 0.323 e. The Labute approximate surface area is 173 Å². The Balaban J connectivity index is 1.47. The van der Waals surface area contributed by atoms with Crippen LogP contribution in [0.4, 0.5) is 16.2 Å². The maximum absolute atomic E-state index is 12.3. The summed E-state index contributed by atoms with van der Waals surface area (Å²) in [7, 11) is 1.53. The first-order chi connectivity index (χ1) is 14.0. The monoisotopic (exact) mass is 406 g/mol. The fourth-order valence-electron chi connectivity index (χ4n) is 3.01. The van der Waals surface area contributed by atoms with E-state index < -0.39 is 0 Å². The van der Waals surface area contributed by atoms with E-state index in [2.05, 4.69) is 15.6 Å². The molecule has 6 nitrogen and oxygen atoms in total. The molecule has 0 fully saturated rings. The molecular weight excluding hydrogens is 388 g/mol. The zero-order chi connectivity index (χ0) is 20.4. The van der Waals surface area contributed by atoms with Crippen LogP contribution in [0.5, 0.6) is 5.75 Å². The van der Waals surface area contributed by atoms with E-state index in [1.54, 1.807) is 18.2 Å². The van der Waals surface area contributed by atoms with Crippen molar-refractivity contribution in [1.29, 1.82) is 0 Å². The molecule has 2 heterocycles. The highest BCUT2D eigenvalue weighted by molar-refractivity contribution is 6.31. The van der Waals surface area contributed by atoms with E-state index in [-0.39, 0.29) is 6.03 Å². The average Bonchev–Trinajstić information content (AvgIpc) is 3.12. The molecule has 0 saturated heterocycles. The lowest BCUT2D eigenvalue weighted by atomic mass is 10.1. The Bertz CT molecular complexity index is 1190. The number of carbonyl (C=O) groups is 1. The van der Waals surface area contributed by atoms with Gasteiger partial charge in [0.25, 0.3) is 0 Å². The summed E-state index contributed by atoms with van der Waals surface area (Å²) in [5, 5.41) is 6.05. The molecule has 0 aliphatic heterocycles. The minimum atomic E-state index is -0.387. The van der Waals surface area contributed by atoms with Gasteiger partial charge < -0.3 is 19.8 Å². The lowest BCUT2D eigenvalue weighted by molar-refractivity contribution is 0.262. The second-order valence-corrected chi connectivity index (χ2v) is 7.03. The molecule has 0 bridgehead atoms. The van der Waals surface area contributed by atoms with Gasteiger partial charge in [-0.2, -0.15) is 0 Å². The molecule has 0 radical (unpaired) electrons. The molecule has 29 heavy (non-hydrogen) atoms. The number of amides is 2. The van der Waals surface area contributed by atoms with E-state index in [1.165, 1.54) is 7.11 Å². The van der Waals surface area contributed by atoms with Crippen LogP contribution in [0.25, 0.3) is 16.9 Å². The lowest BCUT2D eigenvalue weighted by Gasteiger charge is -2.11. The van der Waals surface area contributed by atoms with Crippen molar-refractivity contribution in [3.63, 3.8) is 0 Å². The van der Waals surface area contributed by atoms with Crippen LogP contribution in [0.3, 0.4) is 0 Å². The number of carbonyl (C=O) groups excluding carboxylic acids is 1. The second-order valence-electron chi connectivity index (χ2n) is 6.60. The Morgan fingerprint density at radius 1 is 1.07 bits per heavy atom. The highest BCUT2D eigenvalue weighted by atomic mass is 35.5. The number of hydrogen-bond donors (Lipinski definition) is 2. The van der Waals surface area contributed by atoms with Crippen molar-refractivity contribution >= 4 is 34.7 Å². The quantitative estimate of drug-likeness (QED) is 0.462. The highest BCUT2D eigenvalue weighted by Crippen LogP contribution is 2.28. The van der Waals surface area contributed by atoms with E-state index in [0.29, 0.717) is 22.1 Å². The second kappa shape index (κ2) is 7.85. The summed E-state index contributed by atoms with van der Waals surface area (Å²) in [6, 6.07) is 16.2. The summed E-state index contributed by atoms with van der Waals surface area (Å²) in [5.74, 6) is 0.530. The van der Waals surface area contributed by atoms with Crippen molar-refractivity contribution in [3.8, 4) is 17.0 Å². The fourth-order valence-corrected chi connectivity index (χ4v) is 3.18. The number of anilines is 2. The van der Waals surface area contributed by atoms with Crippen LogP contribution in [0.15, 0.2) is 67.0 Å². The van der Waals surface area contributed by atoms with E-state index in [0.717, 1.165) is 22.5 Å². The maximum atomic E-state index is 12.3. The van der Waals surface area contributed by atoms with Crippen LogP contribution in [0.2, 0.25) is 5.02 Å². The van der Waals surface area contributed by atoms with Gasteiger partial charge >= 0.3 is 6.03 Å². The molecule has 7 heteroatoms. The zero-order valence-electron chi connectivity index (χ0n) is 15.9. The number of aryl methyl sites for hydroxylation is 1. The molecule has 0 spiro atoms. The lowest BCUT2D eigenvalue weighted by Crippen LogP contribution is -2.19. The molecule has 2 N–H and O–H groups in total. The maximum Gasteiger partial charge on any atom is 0.323 e. The molecule has 0 aliphatic carbocycles. The molecule has 4 rings (SSSR count). The first kappa shape index (κ1) is 18.8. The number of aromatic nitrogens is 2. The van der Waals surface area contributed by atoms with Crippen molar-refractivity contribution in [3.05, 3.63) is 77.6 Å². The number of halogens is 1. The highest BCUT2D eigenvalue weighted by Gasteiger charge is 2.09. The molecular formula is C22H19ClN4O2. The topological polar surface area (TPSA) is 67.7 Å². The van der Waals surface area contributed by atoms with E-state index in [4.69, 9.17) is 16.3 Å². The van der Waals surface area contributed by atoms with E-state index in [9.17, 15) is 4.79 Å². The van der Waals surface area contributed by atoms with Crippen LogP contribution in [0.1, 0.15) is 5.56 Å². The van der Waals surface area contributed by atoms with Gasteiger partial charge in [-0.1, -0.05) is 23.7 Å². The van der Waals surface area contributed by atoms with Crippen LogP contribution in [-0.4, -0.2) is 22.5 Å². The van der Waals surface area contributed by atoms with Gasteiger partial charge in [0.15, 0.2) is 0 Å². The van der Waals surface area contributed by atoms with Crippen molar-refractivity contribution in [2.45, 2.75) is 6.92 Å². The summed E-state index contributed by atoms with van der Waals surface area (Å²) in [6.45, 7) is 2.04. The van der Waals surface area contributed by atoms with Crippen LogP contribution in [-0.2, 0) is 0 Å². The zero-order valence-corrected chi connectivity index (χ0v) is 16.7. The van der Waals surface area contributed by atoms with Gasteiger partial charge in [-0.15, -0.1) is 0 Å². The number of ether oxygens (including phenoxy) is 1. The van der Waals surface area contributed by atoms with E-state index >= 15 is 0 Å². The minimum Gasteiger partial charge on any atom is -0.495 e. The third kappa shape index (κ3) is 4.17. The number of rotatable bonds is 4. The van der Waals surface area contributed by atoms with Crippen molar-refractivity contribution in [2.24, 2.45) is 0 Å². The van der Waals surface area contributed by atoms with Gasteiger partial charge in [-0.05, 0) is 55.0 Å². The van der Waals surface area contributed by atoms with Gasteiger partial charge in [0.1, 0.15) is 11.4 Å². The molecule has 0 atom stereocenters. The van der Waals surface area contributed by atoms with Crippen LogP contribution >= 0.6 is 11.6 Å². The molecule has 0 aliphatic rings. The molecule has 4 aromatic rings. The van der Waals surface area contributed by atoms with Crippen molar-refractivity contribution < 1.29 is 9.53 Å². The standard InChI is InChI=1S/C22H19ClN4O2/c1-14-9-10-27-13-19(25-21(27)11-14)15-3-6-17(7-4-15)24-22(28)26-18-12-16(23)5-8-20(18)29-2/h3-13H,1-2H3,(H2,24,26,28). The molecule has 2 aromatic heterocycles. The predicted molar refractivity (Wildman–Crippen MR) is 116 cm³/mol. The number of fused-ring (bicyclic) bond motifs is 1. The SMILES string of the molecule is COc1ccc(Cl)cc1NC(=O)Nc1ccc(-c2cn3ccc(C)cc3n2)cc1. The number of urea groups is 1. The van der Waals surface area contributed by atoms with E-state index in [1.807, 2.05) is 60.1 Å². The van der Waals surface area contributed by atoms with Crippen LogP contribution in [0, 0.1) is 6.92 Å². The first-order valence-electron chi connectivity index (χ1n) is 8.99. The van der Waals surface area contributed by atoms with Crippen LogP contribution < -0.4 is 15.4 Å². The van der Waals surface area contributed by atoms with Crippen molar-refractivity contribution in [2.75, 3.05) is 17.7 Å². The third-order valence-electron chi connectivity index (χ3n) is 4.46. The van der Waals surface area contributed by atoms with Gasteiger partial charge in [0, 0.05) is 28.7 Å². The third-order valence-corrected chi connectivity index (χ3v) is 4.70. The number of nitrogens with one attached hydrogen (secondary N) is 2. The minimum absolute atomic E-state index is 0.387. The summed E-state index contributed by atoms with van der Waals surface area (Å²) >= 11 is 6.00. The number of benzene rings is 2. The number of pyridine rings is 1. The Morgan fingerprint density at radius 3 is 2.62 bits per heavy atom. The predicted octanol–water partition coefficient (Wildman–Crippen LogP) is 5.62. The van der Waals surface area contributed by atoms with Gasteiger partial charge in [-0.25, -0.2) is 9.78 Å². The first-order valence-corrected chi connectivity index (χ1v) is 9.37. The summed E-state index contributed by atoms with van der Waals surface area (Å²) in [6.07, 6.45) is 3.97. The number of imidazole rings is 1. The summed E-state index contributed by atoms with van der Waals surface area (Å²) < 4.78 is 7.22. The number of nitrogens with zero attached hydrogens (tertiary/aromatic N) is 2. The Kier molecular flexibility index (Phi) is 5.10. The fraction of sp³-hybridized carbons (Fsp3) is 0.0909. The molecule has 0 saturated carbocycles. The molecule has 146 valence electrons. The molecule has 2 amide bonds. The average molecular weight is 407 g/mol.